The van der Waals surface area contributed by atoms with Gasteiger partial charge in [0.2, 0.25) is 0 Å². The van der Waals surface area contributed by atoms with Gasteiger partial charge in [-0.15, -0.1) is 0 Å². The number of ketones is 1. The van der Waals surface area contributed by atoms with Crippen LogP contribution in [0, 0.1) is 13.8 Å². The lowest BCUT2D eigenvalue weighted by molar-refractivity contribution is -0.134. The maximum atomic E-state index is 12.3. The first-order chi connectivity index (χ1) is 13.9. The Labute approximate surface area is 170 Å². The Bertz CT molecular complexity index is 1040. The number of carbonyl (C=O) groups is 2. The number of esters is 1. The molecule has 0 unspecified atom stereocenters. The largest absolute Gasteiger partial charge is 0.497 e. The van der Waals surface area contributed by atoms with E-state index in [0.29, 0.717) is 17.7 Å². The van der Waals surface area contributed by atoms with E-state index in [1.54, 1.807) is 31.4 Å². The number of Topliss-reactive ketones (excluding diaryl/α,β-unsaturated/α-hetero) is 1. The van der Waals surface area contributed by atoms with E-state index in [4.69, 9.17) is 9.47 Å². The Hall–Kier alpha value is -3.41. The van der Waals surface area contributed by atoms with Gasteiger partial charge in [0, 0.05) is 17.3 Å². The van der Waals surface area contributed by atoms with E-state index >= 15 is 0 Å². The van der Waals surface area contributed by atoms with Gasteiger partial charge in [-0.3, -0.25) is 9.59 Å². The molecule has 0 amide bonds. The maximum absolute atomic E-state index is 12.3. The van der Waals surface area contributed by atoms with Crippen LogP contribution in [0.15, 0.2) is 48.5 Å². The van der Waals surface area contributed by atoms with Crippen molar-refractivity contribution in [3.8, 4) is 17.2 Å². The molecule has 0 saturated heterocycles. The summed E-state index contributed by atoms with van der Waals surface area (Å²) >= 11 is 0. The topological polar surface area (TPSA) is 70.4 Å². The molecule has 0 radical (unpaired) electrons. The van der Waals surface area contributed by atoms with Crippen LogP contribution in [0.25, 0.3) is 5.69 Å². The highest BCUT2D eigenvalue weighted by Gasteiger charge is 2.15. The smallest absolute Gasteiger partial charge is 0.311 e. The molecule has 6 heteroatoms. The van der Waals surface area contributed by atoms with Crippen molar-refractivity contribution in [2.45, 2.75) is 33.6 Å². The normalized spacial score (nSPS) is 10.6. The number of aryl methyl sites for hydroxylation is 1. The van der Waals surface area contributed by atoms with E-state index in [0.717, 1.165) is 28.4 Å². The minimum atomic E-state index is -0.325. The molecule has 0 fully saturated rings. The van der Waals surface area contributed by atoms with E-state index in [9.17, 15) is 9.59 Å². The molecule has 0 saturated carbocycles. The van der Waals surface area contributed by atoms with E-state index in [1.807, 2.05) is 42.8 Å². The van der Waals surface area contributed by atoms with Crippen LogP contribution in [0.3, 0.4) is 0 Å². The van der Waals surface area contributed by atoms with Crippen LogP contribution in [0.4, 0.5) is 0 Å². The summed E-state index contributed by atoms with van der Waals surface area (Å²) in [6.45, 7) is 5.42. The average Bonchev–Trinajstić information content (AvgIpc) is 3.00. The van der Waals surface area contributed by atoms with E-state index in [-0.39, 0.29) is 18.2 Å². The summed E-state index contributed by atoms with van der Waals surface area (Å²) in [5.41, 5.74) is 4.38. The average molecular weight is 392 g/mol. The summed E-state index contributed by atoms with van der Waals surface area (Å²) in [5, 5.41) is 4.62. The van der Waals surface area contributed by atoms with E-state index in [2.05, 4.69) is 5.10 Å². The molecule has 0 spiro atoms. The molecule has 3 rings (SSSR count). The van der Waals surface area contributed by atoms with Gasteiger partial charge in [-0.05, 0) is 69.2 Å². The molecule has 2 aromatic carbocycles. The van der Waals surface area contributed by atoms with Crippen LogP contribution < -0.4 is 9.47 Å². The van der Waals surface area contributed by atoms with Crippen molar-refractivity contribution in [1.82, 2.24) is 9.78 Å². The first-order valence-corrected chi connectivity index (χ1v) is 9.40. The zero-order chi connectivity index (χ0) is 21.0. The maximum Gasteiger partial charge on any atom is 0.311 e. The quantitative estimate of drug-likeness (QED) is 0.342. The van der Waals surface area contributed by atoms with Crippen LogP contribution >= 0.6 is 0 Å². The molecular formula is C23H24N2O4. The van der Waals surface area contributed by atoms with Crippen LogP contribution in [0.2, 0.25) is 0 Å². The SMILES string of the molecule is COc1cccc(-n2nc(C)c(CCC(=O)Oc3ccc(C(C)=O)cc3)c2C)c1. The minimum absolute atomic E-state index is 0.0260. The summed E-state index contributed by atoms with van der Waals surface area (Å²) in [4.78, 5) is 23.6. The van der Waals surface area contributed by atoms with Gasteiger partial charge >= 0.3 is 5.97 Å². The second-order valence-electron chi connectivity index (χ2n) is 6.82. The molecule has 0 N–H and O–H groups in total. The first-order valence-electron chi connectivity index (χ1n) is 9.40. The third-order valence-corrected chi connectivity index (χ3v) is 4.81. The fraction of sp³-hybridized carbons (Fsp3) is 0.261. The van der Waals surface area contributed by atoms with Crippen LogP contribution in [0.5, 0.6) is 11.5 Å². The summed E-state index contributed by atoms with van der Waals surface area (Å²) in [6, 6.07) is 14.2. The Morgan fingerprint density at radius 1 is 1.03 bits per heavy atom. The van der Waals surface area contributed by atoms with Gasteiger partial charge in [-0.1, -0.05) is 6.07 Å². The highest BCUT2D eigenvalue weighted by atomic mass is 16.5. The zero-order valence-electron chi connectivity index (χ0n) is 17.1. The van der Waals surface area contributed by atoms with Gasteiger partial charge in [-0.2, -0.15) is 5.10 Å². The van der Waals surface area contributed by atoms with Gasteiger partial charge in [-0.25, -0.2) is 4.68 Å². The number of methoxy groups -OCH3 is 1. The first kappa shape index (κ1) is 20.3. The number of rotatable bonds is 7. The third kappa shape index (κ3) is 4.71. The lowest BCUT2D eigenvalue weighted by Gasteiger charge is -2.08. The van der Waals surface area contributed by atoms with Crippen molar-refractivity contribution in [2.24, 2.45) is 0 Å². The van der Waals surface area contributed by atoms with Gasteiger partial charge in [0.05, 0.1) is 24.9 Å². The fourth-order valence-corrected chi connectivity index (χ4v) is 3.20. The van der Waals surface area contributed by atoms with Gasteiger partial charge in [0.15, 0.2) is 5.78 Å². The molecule has 0 aliphatic rings. The molecule has 1 heterocycles. The highest BCUT2D eigenvalue weighted by molar-refractivity contribution is 5.94. The fourth-order valence-electron chi connectivity index (χ4n) is 3.20. The van der Waals surface area contributed by atoms with E-state index in [1.165, 1.54) is 6.92 Å². The highest BCUT2D eigenvalue weighted by Crippen LogP contribution is 2.22. The third-order valence-electron chi connectivity index (χ3n) is 4.81. The monoisotopic (exact) mass is 392 g/mol. The molecule has 150 valence electrons. The molecule has 0 aliphatic carbocycles. The van der Waals surface area contributed by atoms with Crippen LogP contribution in [-0.4, -0.2) is 28.6 Å². The number of hydrogen-bond donors (Lipinski definition) is 0. The van der Waals surface area contributed by atoms with Crippen molar-refractivity contribution < 1.29 is 19.1 Å². The minimum Gasteiger partial charge on any atom is -0.497 e. The summed E-state index contributed by atoms with van der Waals surface area (Å²) in [6.07, 6.45) is 0.770. The molecule has 0 bridgehead atoms. The Morgan fingerprint density at radius 3 is 2.41 bits per heavy atom. The Kier molecular flexibility index (Phi) is 6.12. The standard InChI is InChI=1S/C23H24N2O4/c1-15-22(16(2)25(24-15)19-6-5-7-21(14-19)28-4)12-13-23(27)29-20-10-8-18(9-11-20)17(3)26/h5-11,14H,12-13H2,1-4H3. The zero-order valence-corrected chi connectivity index (χ0v) is 17.1. The Morgan fingerprint density at radius 2 is 1.76 bits per heavy atom. The number of carbonyl (C=O) groups excluding carboxylic acids is 2. The summed E-state index contributed by atoms with van der Waals surface area (Å²) < 4.78 is 12.5. The van der Waals surface area contributed by atoms with Crippen LogP contribution in [-0.2, 0) is 11.2 Å². The lowest BCUT2D eigenvalue weighted by atomic mass is 10.1. The predicted molar refractivity (Wildman–Crippen MR) is 110 cm³/mol. The lowest BCUT2D eigenvalue weighted by Crippen LogP contribution is -2.10. The van der Waals surface area contributed by atoms with Gasteiger partial charge in [0.25, 0.3) is 0 Å². The second-order valence-corrected chi connectivity index (χ2v) is 6.82. The summed E-state index contributed by atoms with van der Waals surface area (Å²) in [5.74, 6) is 0.840. The van der Waals surface area contributed by atoms with Crippen molar-refractivity contribution >= 4 is 11.8 Å². The predicted octanol–water partition coefficient (Wildman–Crippen LogP) is 4.24. The molecule has 29 heavy (non-hydrogen) atoms. The van der Waals surface area contributed by atoms with Crippen molar-refractivity contribution in [1.29, 1.82) is 0 Å². The molecule has 6 nitrogen and oxygen atoms in total. The number of hydrogen-bond acceptors (Lipinski definition) is 5. The number of benzene rings is 2. The second kappa shape index (κ2) is 8.73. The van der Waals surface area contributed by atoms with E-state index < -0.39 is 0 Å². The molecule has 0 aliphatic heterocycles. The number of nitrogens with zero attached hydrogens (tertiary/aromatic N) is 2. The van der Waals surface area contributed by atoms with Crippen LogP contribution in [0.1, 0.15) is 40.7 Å². The molecule has 1 aromatic heterocycles. The van der Waals surface area contributed by atoms with Crippen molar-refractivity contribution in [3.63, 3.8) is 0 Å². The number of ether oxygens (including phenoxy) is 2. The van der Waals surface area contributed by atoms with Crippen molar-refractivity contribution in [2.75, 3.05) is 7.11 Å². The number of aromatic nitrogens is 2. The van der Waals surface area contributed by atoms with Gasteiger partial charge < -0.3 is 9.47 Å². The van der Waals surface area contributed by atoms with Gasteiger partial charge in [0.1, 0.15) is 11.5 Å². The van der Waals surface area contributed by atoms with Crippen molar-refractivity contribution in [3.05, 3.63) is 71.0 Å². The summed E-state index contributed by atoms with van der Waals surface area (Å²) in [7, 11) is 1.63. The Balaban J connectivity index is 1.68. The molecule has 3 aromatic rings. The molecule has 0 atom stereocenters. The molecular weight excluding hydrogens is 368 g/mol.